The van der Waals surface area contributed by atoms with E-state index in [1.807, 2.05) is 0 Å². The monoisotopic (exact) mass is 415 g/mol. The van der Waals surface area contributed by atoms with Crippen LogP contribution in [0.15, 0.2) is 29.3 Å². The molecule has 1 aromatic rings. The fourth-order valence-corrected chi connectivity index (χ4v) is 2.91. The van der Waals surface area contributed by atoms with Crippen LogP contribution in [0, 0.1) is 5.41 Å². The van der Waals surface area contributed by atoms with Gasteiger partial charge < -0.3 is 15.0 Å². The summed E-state index contributed by atoms with van der Waals surface area (Å²) in [7, 11) is 0. The molecular weight excluding hydrogens is 389 g/mol. The van der Waals surface area contributed by atoms with Crippen molar-refractivity contribution in [1.82, 2.24) is 10.2 Å². The van der Waals surface area contributed by atoms with Gasteiger partial charge in [0.25, 0.3) is 0 Å². The average molecular weight is 415 g/mol. The van der Waals surface area contributed by atoms with E-state index in [0.29, 0.717) is 0 Å². The second kappa shape index (κ2) is 7.64. The van der Waals surface area contributed by atoms with Gasteiger partial charge in [-0.25, -0.2) is 0 Å². The van der Waals surface area contributed by atoms with Crippen molar-refractivity contribution in [3.8, 4) is 0 Å². The molecule has 1 aromatic carbocycles. The Hall–Kier alpha value is -0.820. The van der Waals surface area contributed by atoms with E-state index in [0.717, 1.165) is 51.8 Å². The first-order chi connectivity index (χ1) is 10.2. The molecule has 1 N–H and O–H groups in total. The molecule has 4 nitrogen and oxygen atoms in total. The Morgan fingerprint density at radius 3 is 2.68 bits per heavy atom. The zero-order valence-corrected chi connectivity index (χ0v) is 15.8. The van der Waals surface area contributed by atoms with E-state index in [4.69, 9.17) is 9.73 Å². The first kappa shape index (κ1) is 17.5. The van der Waals surface area contributed by atoms with Crippen molar-refractivity contribution in [3.63, 3.8) is 0 Å². The number of nitrogens with zero attached hydrogens (tertiary/aromatic N) is 2. The van der Waals surface area contributed by atoms with E-state index in [1.165, 1.54) is 11.1 Å². The van der Waals surface area contributed by atoms with E-state index in [1.54, 1.807) is 0 Å². The van der Waals surface area contributed by atoms with Crippen LogP contribution in [0.25, 0.3) is 0 Å². The van der Waals surface area contributed by atoms with Gasteiger partial charge in [0.15, 0.2) is 5.96 Å². The molecule has 2 aliphatic rings. The number of hydrogen-bond donors (Lipinski definition) is 1. The van der Waals surface area contributed by atoms with Crippen LogP contribution in [-0.2, 0) is 17.7 Å². The van der Waals surface area contributed by atoms with E-state index in [-0.39, 0.29) is 29.4 Å². The quantitative estimate of drug-likeness (QED) is 0.469. The lowest BCUT2D eigenvalue weighted by Crippen LogP contribution is -2.46. The highest BCUT2D eigenvalue weighted by atomic mass is 127. The maximum Gasteiger partial charge on any atom is 0.194 e. The Kier molecular flexibility index (Phi) is 6.09. The van der Waals surface area contributed by atoms with Gasteiger partial charge in [-0.3, -0.25) is 4.99 Å². The normalized spacial score (nSPS) is 19.7. The van der Waals surface area contributed by atoms with Gasteiger partial charge in [-0.15, -0.1) is 24.0 Å². The van der Waals surface area contributed by atoms with E-state index in [2.05, 4.69) is 48.3 Å². The van der Waals surface area contributed by atoms with Gasteiger partial charge in [0.05, 0.1) is 19.8 Å². The predicted molar refractivity (Wildman–Crippen MR) is 101 cm³/mol. The molecule has 0 atom stereocenters. The smallest absolute Gasteiger partial charge is 0.194 e. The Labute approximate surface area is 150 Å². The van der Waals surface area contributed by atoms with Crippen LogP contribution in [0.1, 0.15) is 25.0 Å². The second-order valence-electron chi connectivity index (χ2n) is 6.41. The average Bonchev–Trinajstić information content (AvgIpc) is 2.49. The topological polar surface area (TPSA) is 36.9 Å². The Morgan fingerprint density at radius 2 is 2.05 bits per heavy atom. The fourth-order valence-electron chi connectivity index (χ4n) is 2.91. The Balaban J connectivity index is 0.00000176. The number of ether oxygens (including phenoxy) is 1. The van der Waals surface area contributed by atoms with Crippen LogP contribution in [0.3, 0.4) is 0 Å². The highest BCUT2D eigenvalue weighted by Gasteiger charge is 2.33. The number of hydrogen-bond acceptors (Lipinski definition) is 2. The lowest BCUT2D eigenvalue weighted by atomic mass is 9.89. The molecule has 0 unspecified atom stereocenters. The van der Waals surface area contributed by atoms with Gasteiger partial charge in [-0.05, 0) is 24.5 Å². The van der Waals surface area contributed by atoms with Crippen LogP contribution < -0.4 is 5.32 Å². The summed E-state index contributed by atoms with van der Waals surface area (Å²) in [6.07, 6.45) is 1.10. The molecule has 0 radical (unpaired) electrons. The molecule has 22 heavy (non-hydrogen) atoms. The molecule has 5 heteroatoms. The third kappa shape index (κ3) is 3.93. The maximum absolute atomic E-state index is 5.32. The third-order valence-electron chi connectivity index (χ3n) is 4.28. The van der Waals surface area contributed by atoms with Gasteiger partial charge in [0.2, 0.25) is 0 Å². The molecular formula is C17H26IN3O. The van der Waals surface area contributed by atoms with Crippen molar-refractivity contribution in [1.29, 1.82) is 0 Å². The van der Waals surface area contributed by atoms with Gasteiger partial charge in [0, 0.05) is 25.0 Å². The summed E-state index contributed by atoms with van der Waals surface area (Å²) in [5, 5.41) is 3.44. The molecule has 122 valence electrons. The summed E-state index contributed by atoms with van der Waals surface area (Å²) in [5.74, 6) is 1.04. The maximum atomic E-state index is 5.32. The van der Waals surface area contributed by atoms with Crippen molar-refractivity contribution in [2.75, 3.05) is 32.8 Å². The Bertz CT molecular complexity index is 528. The molecule has 2 aliphatic heterocycles. The zero-order chi connectivity index (χ0) is 14.7. The highest BCUT2D eigenvalue weighted by Crippen LogP contribution is 2.27. The number of benzene rings is 1. The van der Waals surface area contributed by atoms with Crippen LogP contribution in [0.5, 0.6) is 0 Å². The summed E-state index contributed by atoms with van der Waals surface area (Å²) < 4.78 is 5.32. The minimum absolute atomic E-state index is 0. The van der Waals surface area contributed by atoms with E-state index < -0.39 is 0 Å². The second-order valence-corrected chi connectivity index (χ2v) is 6.41. The molecule has 0 spiro atoms. The van der Waals surface area contributed by atoms with E-state index >= 15 is 0 Å². The molecule has 1 fully saturated rings. The summed E-state index contributed by atoms with van der Waals surface area (Å²) in [6, 6.07) is 8.72. The first-order valence-electron chi connectivity index (χ1n) is 7.88. The molecule has 0 amide bonds. The first-order valence-corrected chi connectivity index (χ1v) is 7.88. The molecule has 0 saturated carbocycles. The van der Waals surface area contributed by atoms with E-state index in [9.17, 15) is 0 Å². The number of fused-ring (bicyclic) bond motifs is 1. The van der Waals surface area contributed by atoms with Crippen molar-refractivity contribution in [2.24, 2.45) is 10.4 Å². The largest absolute Gasteiger partial charge is 0.380 e. The van der Waals surface area contributed by atoms with Crippen LogP contribution in [0.4, 0.5) is 0 Å². The molecule has 3 rings (SSSR count). The lowest BCUT2D eigenvalue weighted by Gasteiger charge is -2.37. The summed E-state index contributed by atoms with van der Waals surface area (Å²) in [5.41, 5.74) is 3.13. The van der Waals surface area contributed by atoms with Gasteiger partial charge in [-0.2, -0.15) is 0 Å². The third-order valence-corrected chi connectivity index (χ3v) is 4.28. The molecule has 1 saturated heterocycles. The summed E-state index contributed by atoms with van der Waals surface area (Å²) in [6.45, 7) is 9.77. The fraction of sp³-hybridized carbons (Fsp3) is 0.588. The standard InChI is InChI=1S/C17H25N3O.HI/c1-3-18-16(19-11-17(2)12-21-13-17)20-9-8-14-6-4-5-7-15(14)10-20;/h4-7H,3,8-13H2,1-2H3,(H,18,19);1H. The van der Waals surface area contributed by atoms with Crippen molar-refractivity contribution in [3.05, 3.63) is 35.4 Å². The lowest BCUT2D eigenvalue weighted by molar-refractivity contribution is -0.0946. The van der Waals surface area contributed by atoms with Crippen molar-refractivity contribution in [2.45, 2.75) is 26.8 Å². The summed E-state index contributed by atoms with van der Waals surface area (Å²) in [4.78, 5) is 7.23. The van der Waals surface area contributed by atoms with Crippen LogP contribution >= 0.6 is 24.0 Å². The molecule has 2 heterocycles. The Morgan fingerprint density at radius 1 is 1.32 bits per heavy atom. The number of halogens is 1. The van der Waals surface area contributed by atoms with Gasteiger partial charge >= 0.3 is 0 Å². The van der Waals surface area contributed by atoms with Crippen molar-refractivity contribution >= 4 is 29.9 Å². The minimum Gasteiger partial charge on any atom is -0.380 e. The molecule has 0 bridgehead atoms. The number of guanidine groups is 1. The van der Waals surface area contributed by atoms with Crippen LogP contribution in [0.2, 0.25) is 0 Å². The zero-order valence-electron chi connectivity index (χ0n) is 13.5. The summed E-state index contributed by atoms with van der Waals surface area (Å²) >= 11 is 0. The highest BCUT2D eigenvalue weighted by molar-refractivity contribution is 14.0. The molecule has 0 aromatic heterocycles. The molecule has 0 aliphatic carbocycles. The van der Waals surface area contributed by atoms with Gasteiger partial charge in [-0.1, -0.05) is 31.2 Å². The number of nitrogens with one attached hydrogen (secondary N) is 1. The van der Waals surface area contributed by atoms with Crippen molar-refractivity contribution < 1.29 is 4.74 Å². The van der Waals surface area contributed by atoms with Crippen LogP contribution in [-0.4, -0.2) is 43.7 Å². The minimum atomic E-state index is 0. The SMILES string of the molecule is CCNC(=NCC1(C)COC1)N1CCc2ccccc2C1.I. The van der Waals surface area contributed by atoms with Gasteiger partial charge in [0.1, 0.15) is 0 Å². The number of rotatable bonds is 3. The predicted octanol–water partition coefficient (Wildman–Crippen LogP) is 2.66. The number of aliphatic imine (C=N–C) groups is 1.